The van der Waals surface area contributed by atoms with E-state index < -0.39 is 5.97 Å². The van der Waals surface area contributed by atoms with Crippen LogP contribution in [0.4, 0.5) is 0 Å². The minimum absolute atomic E-state index is 0.210. The van der Waals surface area contributed by atoms with Crippen molar-refractivity contribution < 1.29 is 14.7 Å². The number of hydrogen-bond acceptors (Lipinski definition) is 2. The third-order valence-corrected chi connectivity index (χ3v) is 2.87. The molecule has 2 N–H and O–H groups in total. The van der Waals surface area contributed by atoms with Gasteiger partial charge in [0.2, 0.25) is 5.91 Å². The fourth-order valence-corrected chi connectivity index (χ4v) is 1.80. The van der Waals surface area contributed by atoms with Crippen LogP contribution in [0, 0.1) is 0 Å². The molecule has 0 bridgehead atoms. The van der Waals surface area contributed by atoms with Crippen molar-refractivity contribution in [2.75, 3.05) is 0 Å². The van der Waals surface area contributed by atoms with E-state index in [1.165, 1.54) is 12.1 Å². The summed E-state index contributed by atoms with van der Waals surface area (Å²) in [4.78, 5) is 22.5. The van der Waals surface area contributed by atoms with Gasteiger partial charge in [-0.25, -0.2) is 4.79 Å². The Hall–Kier alpha value is -2.88. The molecular formula is C17H15NO3. The van der Waals surface area contributed by atoms with Gasteiger partial charge in [0.15, 0.2) is 0 Å². The van der Waals surface area contributed by atoms with Gasteiger partial charge < -0.3 is 10.4 Å². The van der Waals surface area contributed by atoms with E-state index >= 15 is 0 Å². The summed E-state index contributed by atoms with van der Waals surface area (Å²) < 4.78 is 0. The van der Waals surface area contributed by atoms with Crippen LogP contribution >= 0.6 is 0 Å². The second kappa shape index (κ2) is 7.05. The standard InChI is InChI=1S/C17H15NO3/c19-16(10-9-13-5-2-1-3-6-13)18-12-14-7-4-8-15(11-14)17(20)21/h1-11H,12H2,(H,18,19)(H,20,21)/b10-9+. The van der Waals surface area contributed by atoms with Gasteiger partial charge in [0, 0.05) is 12.6 Å². The molecule has 106 valence electrons. The second-order valence-corrected chi connectivity index (χ2v) is 4.47. The highest BCUT2D eigenvalue weighted by Crippen LogP contribution is 2.05. The van der Waals surface area contributed by atoms with Crippen LogP contribution in [0.15, 0.2) is 60.7 Å². The Morgan fingerprint density at radius 3 is 2.52 bits per heavy atom. The van der Waals surface area contributed by atoms with Crippen molar-refractivity contribution in [1.29, 1.82) is 0 Å². The quantitative estimate of drug-likeness (QED) is 0.828. The van der Waals surface area contributed by atoms with Crippen LogP contribution in [0.25, 0.3) is 6.08 Å². The zero-order valence-electron chi connectivity index (χ0n) is 11.3. The molecule has 0 atom stereocenters. The first kappa shape index (κ1) is 14.5. The molecule has 2 aromatic carbocycles. The van der Waals surface area contributed by atoms with Gasteiger partial charge in [-0.3, -0.25) is 4.79 Å². The number of amides is 1. The molecule has 4 heteroatoms. The van der Waals surface area contributed by atoms with Crippen molar-refractivity contribution in [2.45, 2.75) is 6.54 Å². The van der Waals surface area contributed by atoms with E-state index in [1.54, 1.807) is 24.3 Å². The number of hydrogen-bond donors (Lipinski definition) is 2. The molecule has 0 heterocycles. The molecule has 0 radical (unpaired) electrons. The largest absolute Gasteiger partial charge is 0.478 e. The number of carboxylic acids is 1. The summed E-state index contributed by atoms with van der Waals surface area (Å²) in [6.45, 7) is 0.291. The molecule has 0 aliphatic carbocycles. The van der Waals surface area contributed by atoms with Crippen molar-refractivity contribution in [3.63, 3.8) is 0 Å². The van der Waals surface area contributed by atoms with E-state index in [2.05, 4.69) is 5.32 Å². The van der Waals surface area contributed by atoms with Gasteiger partial charge in [-0.1, -0.05) is 42.5 Å². The van der Waals surface area contributed by atoms with Crippen molar-refractivity contribution in [1.82, 2.24) is 5.32 Å². The molecule has 0 aliphatic rings. The number of carbonyl (C=O) groups is 2. The molecule has 0 saturated carbocycles. The Balaban J connectivity index is 1.91. The lowest BCUT2D eigenvalue weighted by Crippen LogP contribution is -2.20. The SMILES string of the molecule is O=C(/C=C/c1ccccc1)NCc1cccc(C(=O)O)c1. The molecule has 1 amide bonds. The average molecular weight is 281 g/mol. The Labute approximate surface area is 122 Å². The van der Waals surface area contributed by atoms with Crippen LogP contribution < -0.4 is 5.32 Å². The van der Waals surface area contributed by atoms with Crippen molar-refractivity contribution in [3.8, 4) is 0 Å². The van der Waals surface area contributed by atoms with Crippen molar-refractivity contribution >= 4 is 18.0 Å². The molecule has 0 unspecified atom stereocenters. The van der Waals surface area contributed by atoms with Crippen LogP contribution in [0.3, 0.4) is 0 Å². The summed E-state index contributed by atoms with van der Waals surface area (Å²) in [7, 11) is 0. The first-order chi connectivity index (χ1) is 10.1. The van der Waals surface area contributed by atoms with Gasteiger partial charge >= 0.3 is 5.97 Å². The highest BCUT2D eigenvalue weighted by atomic mass is 16.4. The lowest BCUT2D eigenvalue weighted by atomic mass is 10.1. The summed E-state index contributed by atoms with van der Waals surface area (Å²) >= 11 is 0. The Morgan fingerprint density at radius 2 is 1.81 bits per heavy atom. The molecule has 0 aliphatic heterocycles. The molecule has 2 aromatic rings. The van der Waals surface area contributed by atoms with E-state index in [4.69, 9.17) is 5.11 Å². The lowest BCUT2D eigenvalue weighted by Gasteiger charge is -2.03. The molecule has 2 rings (SSSR count). The number of aromatic carboxylic acids is 1. The van der Waals surface area contributed by atoms with Crippen LogP contribution in [0.1, 0.15) is 21.5 Å². The third-order valence-electron chi connectivity index (χ3n) is 2.87. The molecule has 4 nitrogen and oxygen atoms in total. The maximum Gasteiger partial charge on any atom is 0.335 e. The van der Waals surface area contributed by atoms with E-state index in [-0.39, 0.29) is 11.5 Å². The molecular weight excluding hydrogens is 266 g/mol. The van der Waals surface area contributed by atoms with Crippen molar-refractivity contribution in [2.24, 2.45) is 0 Å². The van der Waals surface area contributed by atoms with Gasteiger partial charge in [-0.15, -0.1) is 0 Å². The molecule has 0 fully saturated rings. The zero-order chi connectivity index (χ0) is 15.1. The minimum atomic E-state index is -0.979. The van der Waals surface area contributed by atoms with Crippen LogP contribution in [0.5, 0.6) is 0 Å². The van der Waals surface area contributed by atoms with E-state index in [9.17, 15) is 9.59 Å². The average Bonchev–Trinajstić information content (AvgIpc) is 2.52. The summed E-state index contributed by atoms with van der Waals surface area (Å²) in [6, 6.07) is 16.0. The van der Waals surface area contributed by atoms with Gasteiger partial charge in [-0.2, -0.15) is 0 Å². The molecule has 21 heavy (non-hydrogen) atoms. The second-order valence-electron chi connectivity index (χ2n) is 4.47. The summed E-state index contributed by atoms with van der Waals surface area (Å²) in [6.07, 6.45) is 3.18. The number of benzene rings is 2. The summed E-state index contributed by atoms with van der Waals surface area (Å²) in [5.41, 5.74) is 1.90. The first-order valence-corrected chi connectivity index (χ1v) is 6.48. The highest BCUT2D eigenvalue weighted by molar-refractivity contribution is 5.91. The zero-order valence-corrected chi connectivity index (χ0v) is 11.3. The molecule has 0 spiro atoms. The Morgan fingerprint density at radius 1 is 1.05 bits per heavy atom. The van der Waals surface area contributed by atoms with Crippen LogP contribution in [0.2, 0.25) is 0 Å². The van der Waals surface area contributed by atoms with E-state index in [0.717, 1.165) is 11.1 Å². The predicted octanol–water partition coefficient (Wildman–Crippen LogP) is 2.71. The van der Waals surface area contributed by atoms with Crippen molar-refractivity contribution in [3.05, 3.63) is 77.4 Å². The van der Waals surface area contributed by atoms with Gasteiger partial charge in [0.1, 0.15) is 0 Å². The predicted molar refractivity (Wildman–Crippen MR) is 80.7 cm³/mol. The number of carbonyl (C=O) groups excluding carboxylic acids is 1. The number of nitrogens with one attached hydrogen (secondary N) is 1. The summed E-state index contributed by atoms with van der Waals surface area (Å²) in [5, 5.41) is 11.6. The van der Waals surface area contributed by atoms with E-state index in [0.29, 0.717) is 6.54 Å². The van der Waals surface area contributed by atoms with Gasteiger partial charge in [0.25, 0.3) is 0 Å². The molecule has 0 aromatic heterocycles. The molecule has 0 saturated heterocycles. The normalized spacial score (nSPS) is 10.5. The number of carboxylic acid groups (broad SMARTS) is 1. The van der Waals surface area contributed by atoms with E-state index in [1.807, 2.05) is 30.3 Å². The van der Waals surface area contributed by atoms with Crippen LogP contribution in [-0.4, -0.2) is 17.0 Å². The minimum Gasteiger partial charge on any atom is -0.478 e. The monoisotopic (exact) mass is 281 g/mol. The Kier molecular flexibility index (Phi) is 4.88. The maximum atomic E-state index is 11.7. The Bertz CT molecular complexity index is 663. The highest BCUT2D eigenvalue weighted by Gasteiger charge is 2.03. The smallest absolute Gasteiger partial charge is 0.335 e. The lowest BCUT2D eigenvalue weighted by molar-refractivity contribution is -0.116. The summed E-state index contributed by atoms with van der Waals surface area (Å²) in [5.74, 6) is -1.20. The topological polar surface area (TPSA) is 66.4 Å². The first-order valence-electron chi connectivity index (χ1n) is 6.48. The van der Waals surface area contributed by atoms with Gasteiger partial charge in [-0.05, 0) is 29.3 Å². The third kappa shape index (κ3) is 4.62. The fourth-order valence-electron chi connectivity index (χ4n) is 1.80. The fraction of sp³-hybridized carbons (Fsp3) is 0.0588. The number of rotatable bonds is 5. The van der Waals surface area contributed by atoms with Gasteiger partial charge in [0.05, 0.1) is 5.56 Å². The van der Waals surface area contributed by atoms with Crippen LogP contribution in [-0.2, 0) is 11.3 Å². The maximum absolute atomic E-state index is 11.7.